The number of aryl methyl sites for hydroxylation is 1. The molecule has 2 N–H and O–H groups in total. The van der Waals surface area contributed by atoms with Crippen LogP contribution in [0.5, 0.6) is 5.75 Å². The van der Waals surface area contributed by atoms with Gasteiger partial charge in [-0.3, -0.25) is 14.5 Å². The molecule has 0 bridgehead atoms. The number of ether oxygens (including phenoxy) is 1. The average molecular weight is 629 g/mol. The van der Waals surface area contributed by atoms with Gasteiger partial charge in [0.15, 0.2) is 17.4 Å². The zero-order chi connectivity index (χ0) is 31.2. The molecule has 1 saturated heterocycles. The zero-order valence-corrected chi connectivity index (χ0v) is 25.3. The van der Waals surface area contributed by atoms with Gasteiger partial charge in [-0.25, -0.2) is 8.78 Å². The molecule has 11 heteroatoms. The maximum atomic E-state index is 14.1. The number of hydrogen-bond donors (Lipinski definition) is 2. The van der Waals surface area contributed by atoms with E-state index in [0.717, 1.165) is 42.1 Å². The van der Waals surface area contributed by atoms with E-state index in [1.165, 1.54) is 0 Å². The lowest BCUT2D eigenvalue weighted by molar-refractivity contribution is -0.136. The number of hydrogen-bond acceptors (Lipinski definition) is 5. The molecule has 3 aromatic carbocycles. The molecule has 0 spiro atoms. The van der Waals surface area contributed by atoms with Crippen molar-refractivity contribution in [2.24, 2.45) is 0 Å². The van der Waals surface area contributed by atoms with Gasteiger partial charge in [-0.1, -0.05) is 42.8 Å². The van der Waals surface area contributed by atoms with E-state index in [4.69, 9.17) is 16.3 Å². The molecule has 234 valence electrons. The number of carbonyl (C=O) groups excluding carboxylic acids is 2. The molecule has 2 fully saturated rings. The molecule has 0 aromatic heterocycles. The van der Waals surface area contributed by atoms with Crippen LogP contribution in [-0.2, 0) is 29.1 Å². The van der Waals surface area contributed by atoms with Crippen LogP contribution >= 0.6 is 11.6 Å². The second kappa shape index (κ2) is 14.5. The first kappa shape index (κ1) is 31.8. The van der Waals surface area contributed by atoms with Crippen LogP contribution in [0.1, 0.15) is 42.9 Å². The fourth-order valence-corrected chi connectivity index (χ4v) is 5.56. The number of anilines is 1. The van der Waals surface area contributed by atoms with Crippen molar-refractivity contribution in [1.82, 2.24) is 15.5 Å². The second-order valence-electron chi connectivity index (χ2n) is 11.1. The predicted octanol–water partition coefficient (Wildman–Crippen LogP) is 5.37. The van der Waals surface area contributed by atoms with Crippen LogP contribution < -0.4 is 20.3 Å². The van der Waals surface area contributed by atoms with Gasteiger partial charge in [0.2, 0.25) is 17.6 Å². The molecular formula is C33H36ClF3N4O3. The number of carbonyl (C=O) groups is 2. The van der Waals surface area contributed by atoms with Gasteiger partial charge in [0.05, 0.1) is 13.2 Å². The molecule has 1 aliphatic heterocycles. The van der Waals surface area contributed by atoms with Crippen LogP contribution in [0, 0.1) is 17.5 Å². The van der Waals surface area contributed by atoms with Gasteiger partial charge >= 0.3 is 0 Å². The Morgan fingerprint density at radius 3 is 2.52 bits per heavy atom. The molecule has 44 heavy (non-hydrogen) atoms. The minimum atomic E-state index is -1.35. The van der Waals surface area contributed by atoms with E-state index >= 15 is 0 Å². The Hall–Kier alpha value is -3.60. The van der Waals surface area contributed by atoms with Crippen molar-refractivity contribution in [3.63, 3.8) is 0 Å². The lowest BCUT2D eigenvalue weighted by Crippen LogP contribution is -2.61. The maximum Gasteiger partial charge on any atom is 0.247 e. The summed E-state index contributed by atoms with van der Waals surface area (Å²) in [5.41, 5.74) is 3.49. The minimum Gasteiger partial charge on any atom is -0.488 e. The van der Waals surface area contributed by atoms with Crippen LogP contribution in [0.2, 0.25) is 5.02 Å². The third-order valence-electron chi connectivity index (χ3n) is 7.85. The highest BCUT2D eigenvalue weighted by molar-refractivity contribution is 6.31. The van der Waals surface area contributed by atoms with E-state index in [1.54, 1.807) is 17.0 Å². The van der Waals surface area contributed by atoms with Crippen molar-refractivity contribution in [3.8, 4) is 5.75 Å². The molecule has 7 nitrogen and oxygen atoms in total. The Balaban J connectivity index is 1.25. The lowest BCUT2D eigenvalue weighted by Gasteiger charge is -2.38. The SMILES string of the molecule is CCNCc1ccc(Cl)c(CN(C(=O)[C@H]2CNCC(=O)N2c2ccc(CCCOc3c(F)ccc(F)c3F)cc2)C2CC2)c1. The first-order valence-corrected chi connectivity index (χ1v) is 15.3. The zero-order valence-electron chi connectivity index (χ0n) is 24.6. The Bertz CT molecular complexity index is 1490. The van der Waals surface area contributed by atoms with Crippen LogP contribution in [0.4, 0.5) is 18.9 Å². The third kappa shape index (κ3) is 7.54. The van der Waals surface area contributed by atoms with Crippen LogP contribution in [0.3, 0.4) is 0 Å². The van der Waals surface area contributed by atoms with Crippen molar-refractivity contribution in [3.05, 3.63) is 93.8 Å². The summed E-state index contributed by atoms with van der Waals surface area (Å²) in [6.45, 7) is 4.40. The van der Waals surface area contributed by atoms with Crippen LogP contribution in [0.25, 0.3) is 0 Å². The smallest absolute Gasteiger partial charge is 0.247 e. The highest BCUT2D eigenvalue weighted by Crippen LogP contribution is 2.32. The number of nitrogens with one attached hydrogen (secondary N) is 2. The molecule has 2 aliphatic rings. The third-order valence-corrected chi connectivity index (χ3v) is 8.22. The fourth-order valence-electron chi connectivity index (χ4n) is 5.38. The number of piperazine rings is 1. The molecule has 0 unspecified atom stereocenters. The summed E-state index contributed by atoms with van der Waals surface area (Å²) in [7, 11) is 0. The van der Waals surface area contributed by atoms with E-state index in [1.807, 2.05) is 42.2 Å². The summed E-state index contributed by atoms with van der Waals surface area (Å²) in [5, 5.41) is 7.01. The van der Waals surface area contributed by atoms with E-state index in [0.29, 0.717) is 49.3 Å². The molecule has 0 radical (unpaired) electrons. The number of amides is 2. The fraction of sp³-hybridized carbons (Fsp3) is 0.394. The normalized spacial score (nSPS) is 16.7. The summed E-state index contributed by atoms with van der Waals surface area (Å²) in [6.07, 6.45) is 2.77. The summed E-state index contributed by atoms with van der Waals surface area (Å²) < 4.78 is 46.2. The molecule has 1 atom stereocenters. The second-order valence-corrected chi connectivity index (χ2v) is 11.5. The van der Waals surface area contributed by atoms with E-state index in [2.05, 4.69) is 10.6 Å². The molecule has 1 aliphatic carbocycles. The number of rotatable bonds is 13. The van der Waals surface area contributed by atoms with E-state index in [-0.39, 0.29) is 31.0 Å². The molecule has 3 aromatic rings. The van der Waals surface area contributed by atoms with Gasteiger partial charge in [-0.2, -0.15) is 4.39 Å². The highest BCUT2D eigenvalue weighted by atomic mass is 35.5. The largest absolute Gasteiger partial charge is 0.488 e. The van der Waals surface area contributed by atoms with Gasteiger partial charge in [0, 0.05) is 36.4 Å². The van der Waals surface area contributed by atoms with Gasteiger partial charge in [0.25, 0.3) is 0 Å². The summed E-state index contributed by atoms with van der Waals surface area (Å²) in [6, 6.07) is 14.1. The van der Waals surface area contributed by atoms with Crippen LogP contribution in [-0.4, -0.2) is 55.0 Å². The van der Waals surface area contributed by atoms with E-state index < -0.39 is 29.2 Å². The first-order chi connectivity index (χ1) is 21.3. The topological polar surface area (TPSA) is 73.9 Å². The van der Waals surface area contributed by atoms with Gasteiger partial charge < -0.3 is 20.3 Å². The molecule has 5 rings (SSSR count). The molecule has 1 heterocycles. The molecule has 1 saturated carbocycles. The van der Waals surface area contributed by atoms with Crippen molar-refractivity contribution in [2.45, 2.75) is 57.8 Å². The Morgan fingerprint density at radius 2 is 1.80 bits per heavy atom. The number of nitrogens with zero attached hydrogens (tertiary/aromatic N) is 2. The highest BCUT2D eigenvalue weighted by Gasteiger charge is 2.41. The lowest BCUT2D eigenvalue weighted by atomic mass is 10.1. The van der Waals surface area contributed by atoms with Crippen molar-refractivity contribution in [2.75, 3.05) is 31.1 Å². The van der Waals surface area contributed by atoms with Crippen molar-refractivity contribution in [1.29, 1.82) is 0 Å². The average Bonchev–Trinajstić information content (AvgIpc) is 3.87. The van der Waals surface area contributed by atoms with Crippen molar-refractivity contribution < 1.29 is 27.5 Å². The Labute approximate surface area is 260 Å². The number of benzene rings is 3. The standard InChI is InChI=1S/C33H36ClF3N4O3/c1-2-38-17-22-7-12-26(34)23(16-22)20-40(24-10-11-24)33(43)29-18-39-19-30(42)41(29)25-8-5-21(6-9-25)4-3-15-44-32-28(36)14-13-27(35)31(32)37/h5-9,12-14,16,24,29,38-39H,2-4,10-11,15,17-20H2,1H3/t29-/m1/s1. The Morgan fingerprint density at radius 1 is 1.07 bits per heavy atom. The van der Waals surface area contributed by atoms with E-state index in [9.17, 15) is 22.8 Å². The summed E-state index contributed by atoms with van der Waals surface area (Å²) in [5.74, 6) is -4.53. The first-order valence-electron chi connectivity index (χ1n) is 14.9. The quantitative estimate of drug-likeness (QED) is 0.197. The monoisotopic (exact) mass is 628 g/mol. The maximum absolute atomic E-state index is 14.1. The van der Waals surface area contributed by atoms with Gasteiger partial charge in [-0.15, -0.1) is 0 Å². The van der Waals surface area contributed by atoms with Crippen LogP contribution in [0.15, 0.2) is 54.6 Å². The van der Waals surface area contributed by atoms with Gasteiger partial charge in [-0.05, 0) is 79.3 Å². The molecular weight excluding hydrogens is 593 g/mol. The summed E-state index contributed by atoms with van der Waals surface area (Å²) >= 11 is 6.56. The van der Waals surface area contributed by atoms with Crippen molar-refractivity contribution >= 4 is 29.1 Å². The van der Waals surface area contributed by atoms with Gasteiger partial charge in [0.1, 0.15) is 6.04 Å². The minimum absolute atomic E-state index is 0.00899. The molecule has 2 amide bonds. The predicted molar refractivity (Wildman–Crippen MR) is 163 cm³/mol. The number of halogens is 4. The summed E-state index contributed by atoms with van der Waals surface area (Å²) in [4.78, 5) is 30.6. The Kier molecular flexibility index (Phi) is 10.5.